The molecule has 2 unspecified atom stereocenters. The van der Waals surface area contributed by atoms with Crippen molar-refractivity contribution in [2.24, 2.45) is 5.14 Å². The fourth-order valence-corrected chi connectivity index (χ4v) is 5.19. The number of halogens is 1. The standard InChI is InChI=1S/C7H14IN3O2S/c8-7-6(14(9,12)13)1-2-11(7)5-3-10-4-5/h5-7,10H,1-4H2,(H2,9,12,13). The van der Waals surface area contributed by atoms with Gasteiger partial charge in [-0.1, -0.05) is 22.6 Å². The van der Waals surface area contributed by atoms with Crippen molar-refractivity contribution in [1.82, 2.24) is 10.2 Å². The van der Waals surface area contributed by atoms with E-state index in [1.165, 1.54) is 0 Å². The molecular formula is C7H14IN3O2S. The highest BCUT2D eigenvalue weighted by atomic mass is 127. The Balaban J connectivity index is 2.06. The average Bonchev–Trinajstić information content (AvgIpc) is 2.28. The minimum atomic E-state index is -3.37. The third-order valence-corrected chi connectivity index (χ3v) is 6.36. The maximum absolute atomic E-state index is 11.2. The van der Waals surface area contributed by atoms with Gasteiger partial charge in [0, 0.05) is 25.7 Å². The molecule has 0 radical (unpaired) electrons. The molecule has 2 heterocycles. The molecule has 0 amide bonds. The quantitative estimate of drug-likeness (QED) is 0.390. The zero-order valence-electron chi connectivity index (χ0n) is 7.69. The van der Waals surface area contributed by atoms with Crippen molar-refractivity contribution in [3.05, 3.63) is 0 Å². The number of primary sulfonamides is 1. The lowest BCUT2D eigenvalue weighted by Gasteiger charge is -2.38. The van der Waals surface area contributed by atoms with Gasteiger partial charge in [-0.3, -0.25) is 4.90 Å². The van der Waals surface area contributed by atoms with Crippen LogP contribution in [0.25, 0.3) is 0 Å². The third kappa shape index (κ3) is 1.92. The molecule has 82 valence electrons. The summed E-state index contributed by atoms with van der Waals surface area (Å²) in [6, 6.07) is 0.503. The Morgan fingerprint density at radius 2 is 2.07 bits per heavy atom. The van der Waals surface area contributed by atoms with Gasteiger partial charge in [-0.05, 0) is 6.42 Å². The Morgan fingerprint density at radius 3 is 2.43 bits per heavy atom. The number of nitrogens with zero attached hydrogens (tertiary/aromatic N) is 1. The lowest BCUT2D eigenvalue weighted by atomic mass is 10.1. The van der Waals surface area contributed by atoms with E-state index in [0.29, 0.717) is 12.5 Å². The van der Waals surface area contributed by atoms with Crippen molar-refractivity contribution in [3.63, 3.8) is 0 Å². The van der Waals surface area contributed by atoms with Crippen LogP contribution in [0.2, 0.25) is 0 Å². The molecule has 2 aliphatic rings. The molecule has 0 bridgehead atoms. The first-order valence-electron chi connectivity index (χ1n) is 4.62. The molecule has 2 atom stereocenters. The van der Waals surface area contributed by atoms with Gasteiger partial charge in [0.05, 0.1) is 4.05 Å². The Morgan fingerprint density at radius 1 is 1.43 bits per heavy atom. The normalized spacial score (nSPS) is 35.9. The van der Waals surface area contributed by atoms with Crippen molar-refractivity contribution in [3.8, 4) is 0 Å². The summed E-state index contributed by atoms with van der Waals surface area (Å²) in [5, 5.41) is 7.98. The number of sulfonamides is 1. The molecule has 2 rings (SSSR count). The summed E-state index contributed by atoms with van der Waals surface area (Å²) in [7, 11) is -3.37. The van der Waals surface area contributed by atoms with E-state index in [4.69, 9.17) is 5.14 Å². The predicted molar refractivity (Wildman–Crippen MR) is 62.7 cm³/mol. The zero-order valence-corrected chi connectivity index (χ0v) is 10.7. The maximum Gasteiger partial charge on any atom is 0.214 e. The summed E-state index contributed by atoms with van der Waals surface area (Å²) in [6.07, 6.45) is 0.670. The van der Waals surface area contributed by atoms with Gasteiger partial charge in [-0.2, -0.15) is 0 Å². The molecule has 7 heteroatoms. The first-order valence-corrected chi connectivity index (χ1v) is 7.48. The Labute approximate surface area is 97.6 Å². The third-order valence-electron chi connectivity index (χ3n) is 2.95. The molecule has 3 N–H and O–H groups in total. The smallest absolute Gasteiger partial charge is 0.214 e. The van der Waals surface area contributed by atoms with Crippen LogP contribution in [0.4, 0.5) is 0 Å². The number of alkyl halides is 1. The Kier molecular flexibility index (Phi) is 3.04. The largest absolute Gasteiger partial charge is 0.314 e. The highest BCUT2D eigenvalue weighted by Gasteiger charge is 2.43. The summed E-state index contributed by atoms with van der Waals surface area (Å²) < 4.78 is 22.5. The van der Waals surface area contributed by atoms with Crippen molar-refractivity contribution >= 4 is 32.6 Å². The van der Waals surface area contributed by atoms with E-state index in [-0.39, 0.29) is 9.30 Å². The fraction of sp³-hybridized carbons (Fsp3) is 1.00. The number of likely N-dealkylation sites (tertiary alicyclic amines) is 1. The number of hydrogen-bond donors (Lipinski definition) is 2. The van der Waals surface area contributed by atoms with Crippen LogP contribution in [-0.4, -0.2) is 48.3 Å². The van der Waals surface area contributed by atoms with Crippen molar-refractivity contribution < 1.29 is 8.42 Å². The van der Waals surface area contributed by atoms with Crippen LogP contribution in [0.15, 0.2) is 0 Å². The lowest BCUT2D eigenvalue weighted by Crippen LogP contribution is -2.58. The minimum Gasteiger partial charge on any atom is -0.314 e. The van der Waals surface area contributed by atoms with Crippen LogP contribution in [0, 0.1) is 0 Å². The van der Waals surface area contributed by atoms with Crippen molar-refractivity contribution in [2.75, 3.05) is 19.6 Å². The Bertz CT molecular complexity index is 317. The molecule has 5 nitrogen and oxygen atoms in total. The lowest BCUT2D eigenvalue weighted by molar-refractivity contribution is 0.173. The minimum absolute atomic E-state index is 0.0368. The molecule has 0 spiro atoms. The number of nitrogens with two attached hydrogens (primary N) is 1. The van der Waals surface area contributed by atoms with E-state index < -0.39 is 10.0 Å². The second-order valence-corrected chi connectivity index (χ2v) is 6.90. The van der Waals surface area contributed by atoms with Crippen molar-refractivity contribution in [2.45, 2.75) is 21.8 Å². The molecule has 0 aromatic carbocycles. The molecule has 2 fully saturated rings. The summed E-state index contributed by atoms with van der Waals surface area (Å²) in [5.74, 6) is 0. The van der Waals surface area contributed by atoms with Gasteiger partial charge in [0.25, 0.3) is 0 Å². The molecule has 2 aliphatic heterocycles. The molecular weight excluding hydrogens is 317 g/mol. The summed E-state index contributed by atoms with van der Waals surface area (Å²) in [5.41, 5.74) is 0. The van der Waals surface area contributed by atoms with Crippen LogP contribution >= 0.6 is 22.6 Å². The fourth-order valence-electron chi connectivity index (χ4n) is 1.96. The number of hydrogen-bond acceptors (Lipinski definition) is 4. The maximum atomic E-state index is 11.2. The predicted octanol–water partition coefficient (Wildman–Crippen LogP) is -0.918. The SMILES string of the molecule is NS(=O)(=O)C1CCN(C2CNC2)C1I. The second kappa shape index (κ2) is 3.85. The van der Waals surface area contributed by atoms with Gasteiger partial charge >= 0.3 is 0 Å². The molecule has 2 saturated heterocycles. The summed E-state index contributed by atoms with van der Waals surface area (Å²) in [6.45, 7) is 2.79. The number of nitrogens with one attached hydrogen (secondary N) is 1. The second-order valence-electron chi connectivity index (χ2n) is 3.84. The van der Waals surface area contributed by atoms with Gasteiger partial charge < -0.3 is 5.32 Å². The molecule has 0 aliphatic carbocycles. The van der Waals surface area contributed by atoms with Crippen LogP contribution in [0.5, 0.6) is 0 Å². The summed E-state index contributed by atoms with van der Waals surface area (Å²) in [4.78, 5) is 2.24. The van der Waals surface area contributed by atoms with Gasteiger partial charge in [0.2, 0.25) is 10.0 Å². The van der Waals surface area contributed by atoms with Gasteiger partial charge in [0.1, 0.15) is 5.25 Å². The van der Waals surface area contributed by atoms with Gasteiger partial charge in [-0.15, -0.1) is 0 Å². The molecule has 0 aromatic rings. The van der Waals surface area contributed by atoms with Crippen LogP contribution in [-0.2, 0) is 10.0 Å². The first kappa shape index (κ1) is 11.1. The van der Waals surface area contributed by atoms with Gasteiger partial charge in [0.15, 0.2) is 0 Å². The van der Waals surface area contributed by atoms with Crippen LogP contribution in [0.3, 0.4) is 0 Å². The van der Waals surface area contributed by atoms with Crippen LogP contribution < -0.4 is 10.5 Å². The Hall–Kier alpha value is 0.560. The highest BCUT2D eigenvalue weighted by Crippen LogP contribution is 2.30. The van der Waals surface area contributed by atoms with Crippen molar-refractivity contribution in [1.29, 1.82) is 0 Å². The summed E-state index contributed by atoms with van der Waals surface area (Å²) >= 11 is 2.19. The van der Waals surface area contributed by atoms with E-state index in [9.17, 15) is 8.42 Å². The van der Waals surface area contributed by atoms with E-state index in [0.717, 1.165) is 19.6 Å². The topological polar surface area (TPSA) is 75.4 Å². The van der Waals surface area contributed by atoms with E-state index >= 15 is 0 Å². The van der Waals surface area contributed by atoms with E-state index in [2.05, 4.69) is 32.8 Å². The molecule has 0 saturated carbocycles. The zero-order chi connectivity index (χ0) is 10.3. The van der Waals surface area contributed by atoms with Crippen LogP contribution in [0.1, 0.15) is 6.42 Å². The van der Waals surface area contributed by atoms with Gasteiger partial charge in [-0.25, -0.2) is 13.6 Å². The average molecular weight is 331 g/mol. The van der Waals surface area contributed by atoms with E-state index in [1.807, 2.05) is 0 Å². The first-order chi connectivity index (χ1) is 6.50. The monoisotopic (exact) mass is 331 g/mol. The molecule has 14 heavy (non-hydrogen) atoms. The van der Waals surface area contributed by atoms with E-state index in [1.54, 1.807) is 0 Å². The molecule has 0 aromatic heterocycles. The number of rotatable bonds is 2. The highest BCUT2D eigenvalue weighted by molar-refractivity contribution is 14.1.